The number of hydrogen-bond donors (Lipinski definition) is 4. The van der Waals surface area contributed by atoms with E-state index in [1.54, 1.807) is 27.7 Å². The average molecular weight is 509 g/mol. The van der Waals surface area contributed by atoms with Crippen molar-refractivity contribution in [3.63, 3.8) is 0 Å². The topological polar surface area (TPSA) is 170 Å². The standard InChI is InChI=1S/C23H40O12/c1-10(20(28)32-8-14-12(3)16(24)18(26)22(30-5)34-14)7-11(2)21(29)33-9-15-13(4)17(25)19(27)23(31-6)35-15/h10-19,22-27H,7-9H2,1-6H3/t10?,11?,12-,13-,14?,15?,16+,17+,18?,19?,22+,23+/m1/s1. The Morgan fingerprint density at radius 3 is 1.37 bits per heavy atom. The van der Waals surface area contributed by atoms with E-state index in [1.807, 2.05) is 0 Å². The summed E-state index contributed by atoms with van der Waals surface area (Å²) in [7, 11) is 2.68. The summed E-state index contributed by atoms with van der Waals surface area (Å²) in [6, 6.07) is 0. The van der Waals surface area contributed by atoms with Crippen molar-refractivity contribution in [3.8, 4) is 0 Å². The highest BCUT2D eigenvalue weighted by atomic mass is 16.7. The van der Waals surface area contributed by atoms with Crippen LogP contribution in [-0.4, -0.2) is 109 Å². The molecule has 6 unspecified atom stereocenters. The van der Waals surface area contributed by atoms with Crippen LogP contribution in [-0.2, 0) is 38.0 Å². The Kier molecular flexibility index (Phi) is 11.3. The van der Waals surface area contributed by atoms with Crippen molar-refractivity contribution in [2.24, 2.45) is 23.7 Å². The van der Waals surface area contributed by atoms with Crippen LogP contribution in [0.25, 0.3) is 0 Å². The fourth-order valence-electron chi connectivity index (χ4n) is 4.25. The number of carbonyl (C=O) groups excluding carboxylic acids is 2. The lowest BCUT2D eigenvalue weighted by Gasteiger charge is -2.40. The molecule has 12 nitrogen and oxygen atoms in total. The van der Waals surface area contributed by atoms with Gasteiger partial charge in [-0.05, 0) is 6.42 Å². The second-order valence-corrected chi connectivity index (χ2v) is 9.54. The quantitative estimate of drug-likeness (QED) is 0.271. The first-order chi connectivity index (χ1) is 16.4. The molecule has 0 aromatic rings. The summed E-state index contributed by atoms with van der Waals surface area (Å²) >= 11 is 0. The largest absolute Gasteiger partial charge is 0.463 e. The van der Waals surface area contributed by atoms with Crippen LogP contribution >= 0.6 is 0 Å². The predicted molar refractivity (Wildman–Crippen MR) is 119 cm³/mol. The van der Waals surface area contributed by atoms with E-state index >= 15 is 0 Å². The zero-order chi connectivity index (χ0) is 26.4. The Morgan fingerprint density at radius 1 is 0.714 bits per heavy atom. The lowest BCUT2D eigenvalue weighted by atomic mass is 9.91. The van der Waals surface area contributed by atoms with E-state index in [4.69, 9.17) is 28.4 Å². The minimum atomic E-state index is -1.21. The molecule has 2 rings (SSSR count). The van der Waals surface area contributed by atoms with Crippen LogP contribution in [0.5, 0.6) is 0 Å². The number of aliphatic hydroxyl groups excluding tert-OH is 4. The minimum Gasteiger partial charge on any atom is -0.463 e. The molecule has 0 radical (unpaired) electrons. The van der Waals surface area contributed by atoms with Crippen LogP contribution in [0.4, 0.5) is 0 Å². The van der Waals surface area contributed by atoms with Crippen LogP contribution in [0, 0.1) is 23.7 Å². The van der Waals surface area contributed by atoms with E-state index in [1.165, 1.54) is 14.2 Å². The summed E-state index contributed by atoms with van der Waals surface area (Å²) in [6.07, 6.45) is -7.82. The first-order valence-electron chi connectivity index (χ1n) is 11.8. The van der Waals surface area contributed by atoms with Gasteiger partial charge in [-0.15, -0.1) is 0 Å². The monoisotopic (exact) mass is 508 g/mol. The molecule has 204 valence electrons. The maximum atomic E-state index is 12.5. The lowest BCUT2D eigenvalue weighted by Crippen LogP contribution is -2.55. The van der Waals surface area contributed by atoms with Gasteiger partial charge in [0.2, 0.25) is 0 Å². The molecule has 35 heavy (non-hydrogen) atoms. The van der Waals surface area contributed by atoms with Gasteiger partial charge in [0.05, 0.1) is 36.3 Å². The van der Waals surface area contributed by atoms with E-state index < -0.39 is 84.8 Å². The number of methoxy groups -OCH3 is 2. The highest BCUT2D eigenvalue weighted by Crippen LogP contribution is 2.28. The van der Waals surface area contributed by atoms with Crippen molar-refractivity contribution in [1.82, 2.24) is 0 Å². The molecule has 0 bridgehead atoms. The minimum absolute atomic E-state index is 0.140. The Labute approximate surface area is 205 Å². The zero-order valence-corrected chi connectivity index (χ0v) is 21.1. The molecule has 12 atom stereocenters. The third kappa shape index (κ3) is 7.32. The molecule has 2 fully saturated rings. The van der Waals surface area contributed by atoms with E-state index in [9.17, 15) is 30.0 Å². The molecule has 4 N–H and O–H groups in total. The summed E-state index contributed by atoms with van der Waals surface area (Å²) in [5, 5.41) is 40.2. The van der Waals surface area contributed by atoms with Crippen molar-refractivity contribution < 1.29 is 58.4 Å². The number of esters is 2. The van der Waals surface area contributed by atoms with E-state index in [-0.39, 0.29) is 19.6 Å². The molecule has 2 aliphatic rings. The van der Waals surface area contributed by atoms with Gasteiger partial charge in [-0.25, -0.2) is 0 Å². The molecular formula is C23H40O12. The number of aliphatic hydroxyl groups is 4. The molecule has 0 aliphatic carbocycles. The van der Waals surface area contributed by atoms with Gasteiger partial charge >= 0.3 is 11.9 Å². The van der Waals surface area contributed by atoms with Crippen LogP contribution in [0.2, 0.25) is 0 Å². The Morgan fingerprint density at radius 2 is 1.06 bits per heavy atom. The Bertz CT molecular complexity index is 629. The molecular weight excluding hydrogens is 468 g/mol. The normalized spacial score (nSPS) is 39.5. The molecule has 2 saturated heterocycles. The predicted octanol–water partition coefficient (Wildman–Crippen LogP) is -0.806. The SMILES string of the molecule is CO[C@H]1OC(COC(=O)C(C)CC(C)C(=O)OCC2O[C@H](OC)C(O)[C@@H](O)[C@@H]2C)[C@@H](C)[C@H](O)C1O. The van der Waals surface area contributed by atoms with Gasteiger partial charge in [0.1, 0.15) is 25.4 Å². The number of ether oxygens (including phenoxy) is 6. The maximum absolute atomic E-state index is 12.5. The Balaban J connectivity index is 1.79. The number of rotatable bonds is 10. The third-order valence-corrected chi connectivity index (χ3v) is 6.88. The summed E-state index contributed by atoms with van der Waals surface area (Å²) in [4.78, 5) is 24.9. The zero-order valence-electron chi connectivity index (χ0n) is 21.1. The first kappa shape index (κ1) is 29.8. The van der Waals surface area contributed by atoms with Crippen LogP contribution in [0.3, 0.4) is 0 Å². The van der Waals surface area contributed by atoms with Crippen molar-refractivity contribution in [3.05, 3.63) is 0 Å². The number of hydrogen-bond acceptors (Lipinski definition) is 12. The van der Waals surface area contributed by atoms with Crippen LogP contribution < -0.4 is 0 Å². The molecule has 0 aromatic carbocycles. The Hall–Kier alpha value is -1.38. The van der Waals surface area contributed by atoms with Crippen molar-refractivity contribution in [2.45, 2.75) is 83.3 Å². The van der Waals surface area contributed by atoms with E-state index in [2.05, 4.69) is 0 Å². The molecule has 2 aliphatic heterocycles. The molecule has 0 spiro atoms. The number of carbonyl (C=O) groups is 2. The molecule has 12 heteroatoms. The summed E-state index contributed by atoms with van der Waals surface area (Å²) in [5.74, 6) is -3.31. The van der Waals surface area contributed by atoms with Crippen molar-refractivity contribution in [1.29, 1.82) is 0 Å². The van der Waals surface area contributed by atoms with Gasteiger partial charge in [-0.3, -0.25) is 9.59 Å². The summed E-state index contributed by atoms with van der Waals surface area (Å²) < 4.78 is 31.8. The molecule has 0 saturated carbocycles. The van der Waals surface area contributed by atoms with Gasteiger partial charge < -0.3 is 48.8 Å². The second-order valence-electron chi connectivity index (χ2n) is 9.54. The highest BCUT2D eigenvalue weighted by molar-refractivity contribution is 5.75. The summed E-state index contributed by atoms with van der Waals surface area (Å²) in [5.41, 5.74) is 0. The van der Waals surface area contributed by atoms with E-state index in [0.717, 1.165) is 0 Å². The lowest BCUT2D eigenvalue weighted by molar-refractivity contribution is -0.281. The first-order valence-corrected chi connectivity index (χ1v) is 11.8. The van der Waals surface area contributed by atoms with Gasteiger partial charge in [0.15, 0.2) is 12.6 Å². The van der Waals surface area contributed by atoms with Gasteiger partial charge in [-0.1, -0.05) is 27.7 Å². The van der Waals surface area contributed by atoms with Gasteiger partial charge in [-0.2, -0.15) is 0 Å². The van der Waals surface area contributed by atoms with Gasteiger partial charge in [0.25, 0.3) is 0 Å². The second kappa shape index (κ2) is 13.2. The fourth-order valence-corrected chi connectivity index (χ4v) is 4.25. The van der Waals surface area contributed by atoms with Crippen molar-refractivity contribution >= 4 is 11.9 Å². The molecule has 2 heterocycles. The van der Waals surface area contributed by atoms with E-state index in [0.29, 0.717) is 0 Å². The third-order valence-electron chi connectivity index (χ3n) is 6.88. The smallest absolute Gasteiger partial charge is 0.308 e. The molecule has 0 amide bonds. The fraction of sp³-hybridized carbons (Fsp3) is 0.913. The van der Waals surface area contributed by atoms with Crippen LogP contribution in [0.15, 0.2) is 0 Å². The maximum Gasteiger partial charge on any atom is 0.308 e. The van der Waals surface area contributed by atoms with Gasteiger partial charge in [0, 0.05) is 26.1 Å². The highest BCUT2D eigenvalue weighted by Gasteiger charge is 2.44. The average Bonchev–Trinajstić information content (AvgIpc) is 2.84. The van der Waals surface area contributed by atoms with Crippen molar-refractivity contribution in [2.75, 3.05) is 27.4 Å². The van der Waals surface area contributed by atoms with Crippen LogP contribution in [0.1, 0.15) is 34.1 Å². The summed E-state index contributed by atoms with van der Waals surface area (Å²) in [6.45, 7) is 6.32. The molecule has 0 aromatic heterocycles.